The summed E-state index contributed by atoms with van der Waals surface area (Å²) in [5.74, 6) is 0. The third-order valence-electron chi connectivity index (χ3n) is 3.90. The molecule has 1 aliphatic heterocycles. The van der Waals surface area contributed by atoms with Gasteiger partial charge in [0.25, 0.3) is 0 Å². The number of nitrogens with zero attached hydrogens (tertiary/aromatic N) is 4. The molecule has 0 atom stereocenters. The number of amides is 1. The number of hydrogen-bond donors (Lipinski definition) is 0. The van der Waals surface area contributed by atoms with Gasteiger partial charge in [-0.3, -0.25) is 0 Å². The minimum atomic E-state index is -0.456. The third kappa shape index (κ3) is 3.65. The molecule has 3 rings (SSSR count). The molecule has 1 fully saturated rings. The molecule has 0 saturated carbocycles. The Morgan fingerprint density at radius 1 is 1.30 bits per heavy atom. The molecule has 1 aromatic heterocycles. The van der Waals surface area contributed by atoms with Gasteiger partial charge in [-0.1, -0.05) is 21.1 Å². The average Bonchev–Trinajstić information content (AvgIpc) is 2.88. The average molecular weight is 381 g/mol. The fraction of sp³-hybridized carbons (Fsp3) is 0.562. The van der Waals surface area contributed by atoms with E-state index in [1.54, 1.807) is 4.90 Å². The second kappa shape index (κ2) is 6.11. The van der Waals surface area contributed by atoms with Crippen molar-refractivity contribution in [1.29, 1.82) is 0 Å². The van der Waals surface area contributed by atoms with E-state index in [9.17, 15) is 4.79 Å². The van der Waals surface area contributed by atoms with Crippen molar-refractivity contribution in [3.8, 4) is 0 Å². The molecule has 1 saturated heterocycles. The van der Waals surface area contributed by atoms with Crippen LogP contribution in [0.1, 0.15) is 39.7 Å². The predicted octanol–water partition coefficient (Wildman–Crippen LogP) is 3.77. The van der Waals surface area contributed by atoms with Gasteiger partial charge >= 0.3 is 6.09 Å². The summed E-state index contributed by atoms with van der Waals surface area (Å²) in [6.07, 6.45) is 1.47. The van der Waals surface area contributed by atoms with E-state index in [0.29, 0.717) is 13.1 Å². The normalized spacial score (nSPS) is 16.8. The zero-order chi connectivity index (χ0) is 16.6. The smallest absolute Gasteiger partial charge is 0.410 e. The molecule has 0 spiro atoms. The van der Waals surface area contributed by atoms with Crippen LogP contribution < -0.4 is 0 Å². The first kappa shape index (κ1) is 16.2. The maximum Gasteiger partial charge on any atom is 0.410 e. The molecule has 0 radical (unpaired) electrons. The fourth-order valence-electron chi connectivity index (χ4n) is 2.80. The van der Waals surface area contributed by atoms with Gasteiger partial charge in [-0.25, -0.2) is 9.48 Å². The number of aromatic nitrogens is 3. The number of carbonyl (C=O) groups excluding carboxylic acids is 1. The van der Waals surface area contributed by atoms with Gasteiger partial charge in [-0.2, -0.15) is 0 Å². The summed E-state index contributed by atoms with van der Waals surface area (Å²) in [6, 6.07) is 6.22. The van der Waals surface area contributed by atoms with Gasteiger partial charge in [0.2, 0.25) is 0 Å². The van der Waals surface area contributed by atoms with Gasteiger partial charge in [0.05, 0.1) is 11.6 Å². The number of hydrogen-bond acceptors (Lipinski definition) is 4. The standard InChI is InChI=1S/C16H21BrN4O2/c1-16(2,3)23-15(22)20-8-6-12(7-9-20)21-14-10-11(17)4-5-13(14)18-19-21/h4-5,10,12H,6-9H2,1-3H3. The van der Waals surface area contributed by atoms with Crippen LogP contribution in [-0.4, -0.2) is 44.7 Å². The Bertz CT molecular complexity index is 714. The van der Waals surface area contributed by atoms with Crippen molar-refractivity contribution >= 4 is 33.1 Å². The summed E-state index contributed by atoms with van der Waals surface area (Å²) >= 11 is 3.49. The summed E-state index contributed by atoms with van der Waals surface area (Å²) in [7, 11) is 0. The van der Waals surface area contributed by atoms with Crippen molar-refractivity contribution in [3.63, 3.8) is 0 Å². The van der Waals surface area contributed by atoms with E-state index in [-0.39, 0.29) is 12.1 Å². The maximum atomic E-state index is 12.1. The molecule has 23 heavy (non-hydrogen) atoms. The molecule has 7 heteroatoms. The lowest BCUT2D eigenvalue weighted by Gasteiger charge is -2.33. The minimum absolute atomic E-state index is 0.234. The van der Waals surface area contributed by atoms with Gasteiger partial charge in [0.15, 0.2) is 0 Å². The van der Waals surface area contributed by atoms with Crippen LogP contribution in [-0.2, 0) is 4.74 Å². The minimum Gasteiger partial charge on any atom is -0.444 e. The molecular weight excluding hydrogens is 360 g/mol. The highest BCUT2D eigenvalue weighted by molar-refractivity contribution is 9.10. The third-order valence-corrected chi connectivity index (χ3v) is 4.39. The van der Waals surface area contributed by atoms with Crippen LogP contribution in [0, 0.1) is 0 Å². The van der Waals surface area contributed by atoms with Crippen LogP contribution in [0.3, 0.4) is 0 Å². The molecule has 0 N–H and O–H groups in total. The number of piperidine rings is 1. The van der Waals surface area contributed by atoms with E-state index in [4.69, 9.17) is 4.74 Å². The molecular formula is C16H21BrN4O2. The van der Waals surface area contributed by atoms with E-state index in [2.05, 4.69) is 26.2 Å². The van der Waals surface area contributed by atoms with Gasteiger partial charge in [-0.05, 0) is 51.8 Å². The van der Waals surface area contributed by atoms with Crippen LogP contribution in [0.25, 0.3) is 11.0 Å². The monoisotopic (exact) mass is 380 g/mol. The van der Waals surface area contributed by atoms with Crippen molar-refractivity contribution in [1.82, 2.24) is 19.9 Å². The number of benzene rings is 1. The highest BCUT2D eigenvalue weighted by atomic mass is 79.9. The van der Waals surface area contributed by atoms with Crippen LogP contribution in [0.15, 0.2) is 22.7 Å². The highest BCUT2D eigenvalue weighted by Gasteiger charge is 2.28. The number of rotatable bonds is 1. The topological polar surface area (TPSA) is 60.2 Å². The van der Waals surface area contributed by atoms with Crippen molar-refractivity contribution in [3.05, 3.63) is 22.7 Å². The molecule has 2 heterocycles. The van der Waals surface area contributed by atoms with Gasteiger partial charge in [-0.15, -0.1) is 5.10 Å². The number of likely N-dealkylation sites (tertiary alicyclic amines) is 1. The van der Waals surface area contributed by atoms with Crippen LogP contribution >= 0.6 is 15.9 Å². The summed E-state index contributed by atoms with van der Waals surface area (Å²) in [5.41, 5.74) is 1.46. The molecule has 124 valence electrons. The molecule has 0 aliphatic carbocycles. The molecule has 1 aliphatic rings. The van der Waals surface area contributed by atoms with Crippen molar-refractivity contribution < 1.29 is 9.53 Å². The molecule has 0 unspecified atom stereocenters. The number of fused-ring (bicyclic) bond motifs is 1. The quantitative estimate of drug-likeness (QED) is 0.755. The Labute approximate surface area is 143 Å². The van der Waals surface area contributed by atoms with E-state index >= 15 is 0 Å². The van der Waals surface area contributed by atoms with Crippen LogP contribution in [0.2, 0.25) is 0 Å². The molecule has 2 aromatic rings. The predicted molar refractivity (Wildman–Crippen MR) is 91.3 cm³/mol. The number of ether oxygens (including phenoxy) is 1. The Hall–Kier alpha value is -1.63. The number of carbonyl (C=O) groups is 1. The Balaban J connectivity index is 1.69. The number of halogens is 1. The molecule has 0 bridgehead atoms. The van der Waals surface area contributed by atoms with E-state index in [1.165, 1.54) is 0 Å². The Morgan fingerprint density at radius 3 is 2.65 bits per heavy atom. The maximum absolute atomic E-state index is 12.1. The first-order valence-electron chi connectivity index (χ1n) is 7.82. The summed E-state index contributed by atoms with van der Waals surface area (Å²) in [4.78, 5) is 13.9. The van der Waals surface area contributed by atoms with Crippen molar-refractivity contribution in [2.24, 2.45) is 0 Å². The zero-order valence-electron chi connectivity index (χ0n) is 13.6. The largest absolute Gasteiger partial charge is 0.444 e. The molecule has 6 nitrogen and oxygen atoms in total. The lowest BCUT2D eigenvalue weighted by atomic mass is 10.1. The zero-order valence-corrected chi connectivity index (χ0v) is 15.2. The lowest BCUT2D eigenvalue weighted by Crippen LogP contribution is -2.42. The van der Waals surface area contributed by atoms with Crippen LogP contribution in [0.5, 0.6) is 0 Å². The van der Waals surface area contributed by atoms with Gasteiger partial charge in [0, 0.05) is 17.6 Å². The lowest BCUT2D eigenvalue weighted by molar-refractivity contribution is 0.0185. The van der Waals surface area contributed by atoms with Gasteiger partial charge in [0.1, 0.15) is 11.1 Å². The SMILES string of the molecule is CC(C)(C)OC(=O)N1CCC(n2nnc3ccc(Br)cc32)CC1. The van der Waals surface area contributed by atoms with Gasteiger partial charge < -0.3 is 9.64 Å². The summed E-state index contributed by atoms with van der Waals surface area (Å²) < 4.78 is 8.43. The Kier molecular flexibility index (Phi) is 4.31. The Morgan fingerprint density at radius 2 is 2.00 bits per heavy atom. The van der Waals surface area contributed by atoms with E-state index in [0.717, 1.165) is 28.3 Å². The second-order valence-corrected chi connectivity index (χ2v) is 7.78. The molecule has 1 aromatic carbocycles. The van der Waals surface area contributed by atoms with Crippen LogP contribution in [0.4, 0.5) is 4.79 Å². The van der Waals surface area contributed by atoms with E-state index in [1.807, 2.05) is 43.7 Å². The summed E-state index contributed by atoms with van der Waals surface area (Å²) in [6.45, 7) is 7.01. The van der Waals surface area contributed by atoms with E-state index < -0.39 is 5.60 Å². The van der Waals surface area contributed by atoms with Crippen molar-refractivity contribution in [2.75, 3.05) is 13.1 Å². The molecule has 1 amide bonds. The second-order valence-electron chi connectivity index (χ2n) is 6.87. The van der Waals surface area contributed by atoms with Crippen molar-refractivity contribution in [2.45, 2.75) is 45.3 Å². The first-order valence-corrected chi connectivity index (χ1v) is 8.61. The fourth-order valence-corrected chi connectivity index (χ4v) is 3.15. The first-order chi connectivity index (χ1) is 10.8. The highest BCUT2D eigenvalue weighted by Crippen LogP contribution is 2.27. The summed E-state index contributed by atoms with van der Waals surface area (Å²) in [5, 5.41) is 8.53.